The minimum atomic E-state index is -0.524. The summed E-state index contributed by atoms with van der Waals surface area (Å²) in [6.07, 6.45) is 1.04. The normalized spacial score (nSPS) is 11.6. The van der Waals surface area contributed by atoms with Crippen LogP contribution in [0.2, 0.25) is 0 Å². The highest BCUT2D eigenvalue weighted by Gasteiger charge is 2.18. The maximum Gasteiger partial charge on any atom is 0.265 e. The van der Waals surface area contributed by atoms with Crippen LogP contribution in [-0.4, -0.2) is 18.6 Å². The van der Waals surface area contributed by atoms with Crippen molar-refractivity contribution in [2.24, 2.45) is 0 Å². The largest absolute Gasteiger partial charge is 0.494 e. The average molecular weight is 327 g/mol. The van der Waals surface area contributed by atoms with Crippen molar-refractivity contribution in [2.45, 2.75) is 39.7 Å². The summed E-state index contributed by atoms with van der Waals surface area (Å²) in [7, 11) is 0. The second kappa shape index (κ2) is 8.96. The molecular formula is C20H25NO3. The van der Waals surface area contributed by atoms with Gasteiger partial charge in [0.2, 0.25) is 0 Å². The highest BCUT2D eigenvalue weighted by atomic mass is 16.5. The highest BCUT2D eigenvalue weighted by molar-refractivity contribution is 5.94. The zero-order chi connectivity index (χ0) is 17.4. The minimum Gasteiger partial charge on any atom is -0.494 e. The molecule has 0 aliphatic rings. The number of aryl methyl sites for hydroxylation is 1. The van der Waals surface area contributed by atoms with Gasteiger partial charge >= 0.3 is 0 Å². The molecule has 1 atom stereocenters. The number of carbonyl (C=O) groups excluding carboxylic acids is 1. The third-order valence-corrected chi connectivity index (χ3v) is 3.56. The lowest BCUT2D eigenvalue weighted by Gasteiger charge is -2.17. The van der Waals surface area contributed by atoms with Gasteiger partial charge in [0.15, 0.2) is 6.10 Å². The van der Waals surface area contributed by atoms with Gasteiger partial charge in [-0.3, -0.25) is 4.79 Å². The molecule has 0 aliphatic heterocycles. The monoisotopic (exact) mass is 327 g/mol. The Kier molecular flexibility index (Phi) is 6.67. The second-order valence-electron chi connectivity index (χ2n) is 5.69. The zero-order valence-electron chi connectivity index (χ0n) is 14.5. The van der Waals surface area contributed by atoms with Crippen LogP contribution in [0.4, 0.5) is 5.69 Å². The molecule has 4 nitrogen and oxygen atoms in total. The Balaban J connectivity index is 1.94. The first-order valence-corrected chi connectivity index (χ1v) is 8.39. The molecular weight excluding hydrogens is 302 g/mol. The maximum absolute atomic E-state index is 12.4. The Morgan fingerprint density at radius 2 is 1.62 bits per heavy atom. The van der Waals surface area contributed by atoms with Crippen molar-refractivity contribution in [2.75, 3.05) is 11.9 Å². The molecule has 24 heavy (non-hydrogen) atoms. The molecule has 0 saturated carbocycles. The van der Waals surface area contributed by atoms with Crippen LogP contribution in [0.5, 0.6) is 11.5 Å². The molecule has 0 fully saturated rings. The summed E-state index contributed by atoms with van der Waals surface area (Å²) in [6, 6.07) is 15.1. The van der Waals surface area contributed by atoms with Gasteiger partial charge in [0.25, 0.3) is 5.91 Å². The summed E-state index contributed by atoms with van der Waals surface area (Å²) in [5, 5.41) is 2.89. The summed E-state index contributed by atoms with van der Waals surface area (Å²) in [5.74, 6) is 1.35. The third kappa shape index (κ3) is 5.30. The first-order valence-electron chi connectivity index (χ1n) is 8.39. The van der Waals surface area contributed by atoms with Gasteiger partial charge in [-0.05, 0) is 56.2 Å². The standard InChI is InChI=1S/C20H25NO3/c1-4-14-23-17-12-8-16(9-13-17)21-20(22)19(5-2)24-18-10-6-15(3)7-11-18/h6-13,19H,4-5,14H2,1-3H3,(H,21,22)/t19-/m1/s1. The van der Waals surface area contributed by atoms with Crippen molar-refractivity contribution in [1.29, 1.82) is 0 Å². The minimum absolute atomic E-state index is 0.152. The van der Waals surface area contributed by atoms with E-state index in [-0.39, 0.29) is 5.91 Å². The quantitative estimate of drug-likeness (QED) is 0.772. The van der Waals surface area contributed by atoms with E-state index < -0.39 is 6.10 Å². The van der Waals surface area contributed by atoms with Crippen LogP contribution in [0.3, 0.4) is 0 Å². The highest BCUT2D eigenvalue weighted by Crippen LogP contribution is 2.18. The SMILES string of the molecule is CCCOc1ccc(NC(=O)[C@@H](CC)Oc2ccc(C)cc2)cc1. The predicted octanol–water partition coefficient (Wildman–Crippen LogP) is 4.58. The lowest BCUT2D eigenvalue weighted by molar-refractivity contribution is -0.122. The van der Waals surface area contributed by atoms with Gasteiger partial charge in [-0.25, -0.2) is 0 Å². The molecule has 2 rings (SSSR count). The summed E-state index contributed by atoms with van der Waals surface area (Å²) < 4.78 is 11.3. The molecule has 0 aliphatic carbocycles. The zero-order valence-corrected chi connectivity index (χ0v) is 14.5. The fraction of sp³-hybridized carbons (Fsp3) is 0.350. The van der Waals surface area contributed by atoms with Gasteiger partial charge < -0.3 is 14.8 Å². The molecule has 0 saturated heterocycles. The van der Waals surface area contributed by atoms with E-state index in [1.807, 2.05) is 62.4 Å². The number of nitrogens with one attached hydrogen (secondary N) is 1. The van der Waals surface area contributed by atoms with Crippen molar-refractivity contribution in [3.63, 3.8) is 0 Å². The van der Waals surface area contributed by atoms with Crippen LogP contribution in [0, 0.1) is 6.92 Å². The van der Waals surface area contributed by atoms with E-state index in [1.165, 1.54) is 0 Å². The molecule has 0 spiro atoms. The Morgan fingerprint density at radius 1 is 1.00 bits per heavy atom. The lowest BCUT2D eigenvalue weighted by Crippen LogP contribution is -2.32. The molecule has 0 aromatic heterocycles. The topological polar surface area (TPSA) is 47.6 Å². The molecule has 0 radical (unpaired) electrons. The van der Waals surface area contributed by atoms with Gasteiger partial charge in [-0.2, -0.15) is 0 Å². The Hall–Kier alpha value is -2.49. The number of amides is 1. The van der Waals surface area contributed by atoms with E-state index in [1.54, 1.807) is 0 Å². The van der Waals surface area contributed by atoms with Crippen LogP contribution in [0.15, 0.2) is 48.5 Å². The van der Waals surface area contributed by atoms with Crippen LogP contribution >= 0.6 is 0 Å². The number of hydrogen-bond acceptors (Lipinski definition) is 3. The maximum atomic E-state index is 12.4. The first-order chi connectivity index (χ1) is 11.6. The van der Waals surface area contributed by atoms with Crippen molar-refractivity contribution in [3.8, 4) is 11.5 Å². The molecule has 0 unspecified atom stereocenters. The van der Waals surface area contributed by atoms with E-state index in [0.717, 1.165) is 23.4 Å². The lowest BCUT2D eigenvalue weighted by atomic mass is 10.2. The van der Waals surface area contributed by atoms with Crippen LogP contribution in [0.1, 0.15) is 32.3 Å². The third-order valence-electron chi connectivity index (χ3n) is 3.56. The molecule has 2 aromatic rings. The van der Waals surface area contributed by atoms with Crippen LogP contribution in [0.25, 0.3) is 0 Å². The van der Waals surface area contributed by atoms with E-state index in [2.05, 4.69) is 12.2 Å². The van der Waals surface area contributed by atoms with Gasteiger partial charge in [-0.1, -0.05) is 31.5 Å². The fourth-order valence-electron chi connectivity index (χ4n) is 2.18. The molecule has 0 heterocycles. The van der Waals surface area contributed by atoms with E-state index in [0.29, 0.717) is 18.8 Å². The fourth-order valence-corrected chi connectivity index (χ4v) is 2.18. The summed E-state index contributed by atoms with van der Waals surface area (Å²) in [5.41, 5.74) is 1.89. The molecule has 2 aromatic carbocycles. The Labute approximate surface area is 143 Å². The van der Waals surface area contributed by atoms with Crippen molar-refractivity contribution in [1.82, 2.24) is 0 Å². The molecule has 4 heteroatoms. The van der Waals surface area contributed by atoms with E-state index >= 15 is 0 Å². The van der Waals surface area contributed by atoms with Crippen molar-refractivity contribution in [3.05, 3.63) is 54.1 Å². The molecule has 0 bridgehead atoms. The second-order valence-corrected chi connectivity index (χ2v) is 5.69. The van der Waals surface area contributed by atoms with Crippen LogP contribution < -0.4 is 14.8 Å². The summed E-state index contributed by atoms with van der Waals surface area (Å²) in [4.78, 5) is 12.4. The van der Waals surface area contributed by atoms with Crippen molar-refractivity contribution >= 4 is 11.6 Å². The summed E-state index contributed by atoms with van der Waals surface area (Å²) >= 11 is 0. The van der Waals surface area contributed by atoms with Gasteiger partial charge in [-0.15, -0.1) is 0 Å². The van der Waals surface area contributed by atoms with Gasteiger partial charge in [0.1, 0.15) is 11.5 Å². The van der Waals surface area contributed by atoms with Gasteiger partial charge in [0, 0.05) is 5.69 Å². The number of anilines is 1. The number of rotatable bonds is 8. The molecule has 1 amide bonds. The van der Waals surface area contributed by atoms with Crippen molar-refractivity contribution < 1.29 is 14.3 Å². The number of ether oxygens (including phenoxy) is 2. The smallest absolute Gasteiger partial charge is 0.265 e. The van der Waals surface area contributed by atoms with Gasteiger partial charge in [0.05, 0.1) is 6.61 Å². The number of hydrogen-bond donors (Lipinski definition) is 1. The van der Waals surface area contributed by atoms with E-state index in [4.69, 9.17) is 9.47 Å². The van der Waals surface area contributed by atoms with Crippen LogP contribution in [-0.2, 0) is 4.79 Å². The first kappa shape index (κ1) is 17.9. The molecule has 128 valence electrons. The average Bonchev–Trinajstić information content (AvgIpc) is 2.60. The Bertz CT molecular complexity index is 635. The number of carbonyl (C=O) groups is 1. The Morgan fingerprint density at radius 3 is 2.21 bits per heavy atom. The molecule has 1 N–H and O–H groups in total. The van der Waals surface area contributed by atoms with E-state index in [9.17, 15) is 4.79 Å². The number of benzene rings is 2. The predicted molar refractivity (Wildman–Crippen MR) is 96.7 cm³/mol. The summed E-state index contributed by atoms with van der Waals surface area (Å²) in [6.45, 7) is 6.70.